The first-order valence-corrected chi connectivity index (χ1v) is 7.39. The summed E-state index contributed by atoms with van der Waals surface area (Å²) in [7, 11) is 0. The summed E-state index contributed by atoms with van der Waals surface area (Å²) in [6, 6.07) is 7.36. The molecular weight excluding hydrogens is 284 g/mol. The van der Waals surface area contributed by atoms with Crippen LogP contribution in [0.1, 0.15) is 37.3 Å². The number of aryl methyl sites for hydroxylation is 1. The van der Waals surface area contributed by atoms with Gasteiger partial charge >= 0.3 is 11.9 Å². The van der Waals surface area contributed by atoms with Crippen LogP contribution in [0.15, 0.2) is 24.3 Å². The van der Waals surface area contributed by atoms with Crippen LogP contribution in [0.3, 0.4) is 0 Å². The highest BCUT2D eigenvalue weighted by Crippen LogP contribution is 2.32. The quantitative estimate of drug-likeness (QED) is 0.419. The van der Waals surface area contributed by atoms with Gasteiger partial charge in [-0.15, -0.1) is 0 Å². The molecule has 1 aromatic rings. The lowest BCUT2D eigenvalue weighted by Gasteiger charge is -2.24. The Morgan fingerprint density at radius 3 is 2.09 bits per heavy atom. The number of rotatable bonds is 8. The van der Waals surface area contributed by atoms with Gasteiger partial charge in [-0.05, 0) is 31.9 Å². The van der Waals surface area contributed by atoms with E-state index in [2.05, 4.69) is 0 Å². The highest BCUT2D eigenvalue weighted by Gasteiger charge is 2.38. The summed E-state index contributed by atoms with van der Waals surface area (Å²) in [6.45, 7) is 5.54. The van der Waals surface area contributed by atoms with E-state index in [1.54, 1.807) is 13.8 Å². The molecule has 5 heteroatoms. The SMILES string of the molecule is CCOC(=O)C(C(=O)OCC)[C@@H](CC=O)c1ccccc1C. The lowest BCUT2D eigenvalue weighted by molar-refractivity contribution is -0.162. The summed E-state index contributed by atoms with van der Waals surface area (Å²) in [5.74, 6) is -3.03. The maximum Gasteiger partial charge on any atom is 0.320 e. The highest BCUT2D eigenvalue weighted by molar-refractivity contribution is 5.96. The van der Waals surface area contributed by atoms with E-state index in [4.69, 9.17) is 9.47 Å². The summed E-state index contributed by atoms with van der Waals surface area (Å²) in [6.07, 6.45) is 0.760. The Kier molecular flexibility index (Phi) is 7.29. The molecule has 0 aliphatic carbocycles. The van der Waals surface area contributed by atoms with Gasteiger partial charge in [0.1, 0.15) is 6.29 Å². The number of hydrogen-bond donors (Lipinski definition) is 0. The molecule has 0 bridgehead atoms. The molecule has 1 aromatic carbocycles. The van der Waals surface area contributed by atoms with Gasteiger partial charge in [-0.2, -0.15) is 0 Å². The van der Waals surface area contributed by atoms with E-state index >= 15 is 0 Å². The van der Waals surface area contributed by atoms with E-state index in [-0.39, 0.29) is 19.6 Å². The first-order chi connectivity index (χ1) is 10.6. The zero-order valence-electron chi connectivity index (χ0n) is 13.2. The molecule has 5 nitrogen and oxygen atoms in total. The summed E-state index contributed by atoms with van der Waals surface area (Å²) >= 11 is 0. The Bertz CT molecular complexity index is 506. The normalized spacial score (nSPS) is 11.8. The number of carbonyl (C=O) groups excluding carboxylic acids is 3. The van der Waals surface area contributed by atoms with Crippen molar-refractivity contribution in [1.82, 2.24) is 0 Å². The van der Waals surface area contributed by atoms with E-state index < -0.39 is 23.8 Å². The Morgan fingerprint density at radius 2 is 1.64 bits per heavy atom. The molecule has 0 radical (unpaired) electrons. The van der Waals surface area contributed by atoms with Crippen molar-refractivity contribution in [2.75, 3.05) is 13.2 Å². The molecule has 0 amide bonds. The van der Waals surface area contributed by atoms with Crippen molar-refractivity contribution < 1.29 is 23.9 Å². The maximum atomic E-state index is 12.2. The van der Waals surface area contributed by atoms with Gasteiger partial charge in [0, 0.05) is 12.3 Å². The summed E-state index contributed by atoms with van der Waals surface area (Å²) in [5.41, 5.74) is 1.69. The minimum absolute atomic E-state index is 0.0488. The third-order valence-corrected chi connectivity index (χ3v) is 3.42. The monoisotopic (exact) mass is 306 g/mol. The van der Waals surface area contributed by atoms with Gasteiger partial charge in [0.05, 0.1) is 13.2 Å². The molecule has 0 saturated carbocycles. The standard InChI is InChI=1S/C17H22O5/c1-4-21-16(19)15(17(20)22-5-2)14(10-11-18)13-9-7-6-8-12(13)3/h6-9,11,14-15H,4-5,10H2,1-3H3/t14-/m0/s1. The number of esters is 2. The van der Waals surface area contributed by atoms with Crippen LogP contribution in [0, 0.1) is 12.8 Å². The number of aldehydes is 1. The molecule has 0 aliphatic rings. The fourth-order valence-corrected chi connectivity index (χ4v) is 2.44. The van der Waals surface area contributed by atoms with Crippen LogP contribution in [0.2, 0.25) is 0 Å². The van der Waals surface area contributed by atoms with Crippen molar-refractivity contribution in [2.45, 2.75) is 33.1 Å². The van der Waals surface area contributed by atoms with Crippen molar-refractivity contribution in [2.24, 2.45) is 5.92 Å². The third-order valence-electron chi connectivity index (χ3n) is 3.42. The lowest BCUT2D eigenvalue weighted by atomic mass is 9.82. The smallest absolute Gasteiger partial charge is 0.320 e. The Labute approximate surface area is 130 Å². The average molecular weight is 306 g/mol. The molecule has 0 heterocycles. The summed E-state index contributed by atoms with van der Waals surface area (Å²) in [4.78, 5) is 35.5. The highest BCUT2D eigenvalue weighted by atomic mass is 16.6. The third kappa shape index (κ3) is 4.41. The van der Waals surface area contributed by atoms with E-state index in [1.165, 1.54) is 0 Å². The van der Waals surface area contributed by atoms with Crippen molar-refractivity contribution in [3.63, 3.8) is 0 Å². The van der Waals surface area contributed by atoms with Gasteiger partial charge in [0.25, 0.3) is 0 Å². The fourth-order valence-electron chi connectivity index (χ4n) is 2.44. The average Bonchev–Trinajstić information content (AvgIpc) is 2.48. The van der Waals surface area contributed by atoms with E-state index in [0.29, 0.717) is 6.29 Å². The van der Waals surface area contributed by atoms with E-state index in [1.807, 2.05) is 31.2 Å². The number of hydrogen-bond acceptors (Lipinski definition) is 5. The zero-order valence-corrected chi connectivity index (χ0v) is 13.2. The Balaban J connectivity index is 3.25. The van der Waals surface area contributed by atoms with E-state index in [9.17, 15) is 14.4 Å². The summed E-state index contributed by atoms with van der Waals surface area (Å²) in [5, 5.41) is 0. The van der Waals surface area contributed by atoms with Crippen molar-refractivity contribution in [1.29, 1.82) is 0 Å². The van der Waals surface area contributed by atoms with Crippen molar-refractivity contribution in [3.8, 4) is 0 Å². The topological polar surface area (TPSA) is 69.7 Å². The van der Waals surface area contributed by atoms with Gasteiger partial charge in [0.2, 0.25) is 0 Å². The fraction of sp³-hybridized carbons (Fsp3) is 0.471. The molecule has 120 valence electrons. The van der Waals surface area contributed by atoms with E-state index in [0.717, 1.165) is 11.1 Å². The van der Waals surface area contributed by atoms with Crippen molar-refractivity contribution >= 4 is 18.2 Å². The van der Waals surface area contributed by atoms with Gasteiger partial charge in [-0.25, -0.2) is 0 Å². The van der Waals surface area contributed by atoms with Gasteiger partial charge in [0.15, 0.2) is 5.92 Å². The lowest BCUT2D eigenvalue weighted by Crippen LogP contribution is -2.34. The molecule has 22 heavy (non-hydrogen) atoms. The van der Waals surface area contributed by atoms with Gasteiger partial charge in [-0.3, -0.25) is 9.59 Å². The molecule has 0 saturated heterocycles. The molecule has 1 atom stereocenters. The van der Waals surface area contributed by atoms with Gasteiger partial charge < -0.3 is 14.3 Å². The Morgan fingerprint density at radius 1 is 1.09 bits per heavy atom. The molecule has 0 fully saturated rings. The summed E-state index contributed by atoms with van der Waals surface area (Å²) < 4.78 is 10.0. The minimum Gasteiger partial charge on any atom is -0.465 e. The number of benzene rings is 1. The van der Waals surface area contributed by atoms with Crippen LogP contribution >= 0.6 is 0 Å². The number of carbonyl (C=O) groups is 3. The van der Waals surface area contributed by atoms with Crippen LogP contribution in [0.4, 0.5) is 0 Å². The van der Waals surface area contributed by atoms with Crippen LogP contribution < -0.4 is 0 Å². The molecule has 0 aromatic heterocycles. The Hall–Kier alpha value is -2.17. The number of ether oxygens (including phenoxy) is 2. The largest absolute Gasteiger partial charge is 0.465 e. The maximum absolute atomic E-state index is 12.2. The second-order valence-electron chi connectivity index (χ2n) is 4.85. The first kappa shape index (κ1) is 17.9. The molecule has 0 N–H and O–H groups in total. The second kappa shape index (κ2) is 8.97. The predicted octanol–water partition coefficient (Wildman–Crippen LogP) is 2.41. The molecule has 1 rings (SSSR count). The van der Waals surface area contributed by atoms with Crippen LogP contribution in [0.25, 0.3) is 0 Å². The second-order valence-corrected chi connectivity index (χ2v) is 4.85. The van der Waals surface area contributed by atoms with Crippen LogP contribution in [0.5, 0.6) is 0 Å². The molecular formula is C17H22O5. The molecule has 0 unspecified atom stereocenters. The minimum atomic E-state index is -1.13. The van der Waals surface area contributed by atoms with Crippen LogP contribution in [-0.4, -0.2) is 31.4 Å². The zero-order chi connectivity index (χ0) is 16.5. The van der Waals surface area contributed by atoms with Crippen LogP contribution in [-0.2, 0) is 23.9 Å². The predicted molar refractivity (Wildman–Crippen MR) is 81.4 cm³/mol. The molecule has 0 spiro atoms. The van der Waals surface area contributed by atoms with Crippen molar-refractivity contribution in [3.05, 3.63) is 35.4 Å². The van der Waals surface area contributed by atoms with Gasteiger partial charge in [-0.1, -0.05) is 24.3 Å². The molecule has 0 aliphatic heterocycles. The first-order valence-electron chi connectivity index (χ1n) is 7.39.